The number of H-pyrrole nitrogens is 1. The van der Waals surface area contributed by atoms with Crippen molar-refractivity contribution in [2.75, 3.05) is 27.2 Å². The number of aromatic amines is 1. The van der Waals surface area contributed by atoms with Gasteiger partial charge in [-0.1, -0.05) is 12.1 Å². The third-order valence-electron chi connectivity index (χ3n) is 4.37. The number of aromatic nitrogens is 2. The highest BCUT2D eigenvalue weighted by molar-refractivity contribution is 5.87. The zero-order valence-corrected chi connectivity index (χ0v) is 14.2. The fourth-order valence-corrected chi connectivity index (χ4v) is 3.27. The number of aromatic carboxylic acids is 1. The molecule has 0 saturated carbocycles. The highest BCUT2D eigenvalue weighted by atomic mass is 16.4. The summed E-state index contributed by atoms with van der Waals surface area (Å²) in [5, 5.41) is 9.10. The van der Waals surface area contributed by atoms with Crippen LogP contribution in [0.4, 0.5) is 0 Å². The van der Waals surface area contributed by atoms with Gasteiger partial charge in [-0.3, -0.25) is 4.90 Å². The Morgan fingerprint density at radius 3 is 3.04 bits per heavy atom. The molecule has 2 aromatic rings. The second-order valence-electron chi connectivity index (χ2n) is 6.76. The Bertz CT molecular complexity index is 711. The largest absolute Gasteiger partial charge is 0.478 e. The number of nitrogens with zero attached hydrogens (tertiary/aromatic N) is 3. The second-order valence-corrected chi connectivity index (χ2v) is 6.76. The van der Waals surface area contributed by atoms with Crippen molar-refractivity contribution in [1.82, 2.24) is 19.8 Å². The molecule has 0 amide bonds. The molecule has 1 aromatic carbocycles. The average Bonchev–Trinajstić information content (AvgIpc) is 3.16. The molecular weight excluding hydrogens is 304 g/mol. The molecule has 1 atom stereocenters. The zero-order chi connectivity index (χ0) is 17.1. The van der Waals surface area contributed by atoms with Gasteiger partial charge < -0.3 is 15.0 Å². The molecule has 2 heterocycles. The van der Waals surface area contributed by atoms with Gasteiger partial charge in [0.15, 0.2) is 0 Å². The van der Waals surface area contributed by atoms with Crippen LogP contribution in [-0.2, 0) is 13.1 Å². The van der Waals surface area contributed by atoms with Crippen LogP contribution in [0, 0.1) is 0 Å². The minimum absolute atomic E-state index is 0.350. The first-order valence-corrected chi connectivity index (χ1v) is 8.24. The number of likely N-dealkylation sites (tertiary alicyclic amines) is 1. The molecular formula is C18H24N4O2. The van der Waals surface area contributed by atoms with Crippen LogP contribution in [0.5, 0.6) is 0 Å². The summed E-state index contributed by atoms with van der Waals surface area (Å²) in [7, 11) is 4.09. The molecule has 0 unspecified atom stereocenters. The molecule has 0 spiro atoms. The Kier molecular flexibility index (Phi) is 4.97. The van der Waals surface area contributed by atoms with Gasteiger partial charge in [-0.05, 0) is 44.8 Å². The number of imidazole rings is 1. The summed E-state index contributed by atoms with van der Waals surface area (Å²) in [6, 6.07) is 7.19. The Hall–Kier alpha value is -2.18. The predicted octanol–water partition coefficient (Wildman–Crippen LogP) is 2.16. The van der Waals surface area contributed by atoms with E-state index in [2.05, 4.69) is 19.8 Å². The number of benzene rings is 1. The first-order chi connectivity index (χ1) is 11.5. The molecule has 3 rings (SSSR count). The molecule has 0 aliphatic carbocycles. The molecule has 24 heavy (non-hydrogen) atoms. The standard InChI is InChI=1S/C18H24N4O2/c1-21(2)12-16-9-19-17(20-16)15-6-7-22(11-15)10-13-4-3-5-14(8-13)18(23)24/h3-5,8-9,15H,6-7,10-12H2,1-2H3,(H,19,20)(H,23,24)/t15-/m1/s1. The van der Waals surface area contributed by atoms with Crippen LogP contribution in [0.25, 0.3) is 0 Å². The summed E-state index contributed by atoms with van der Waals surface area (Å²) >= 11 is 0. The molecule has 1 saturated heterocycles. The third kappa shape index (κ3) is 4.01. The van der Waals surface area contributed by atoms with Crippen molar-refractivity contribution < 1.29 is 9.90 Å². The fourth-order valence-electron chi connectivity index (χ4n) is 3.27. The van der Waals surface area contributed by atoms with Gasteiger partial charge in [0.05, 0.1) is 5.56 Å². The van der Waals surface area contributed by atoms with Crippen LogP contribution in [0.1, 0.15) is 39.8 Å². The molecule has 0 bridgehead atoms. The van der Waals surface area contributed by atoms with E-state index in [4.69, 9.17) is 5.11 Å². The smallest absolute Gasteiger partial charge is 0.335 e. The molecule has 1 aliphatic heterocycles. The van der Waals surface area contributed by atoms with Crippen LogP contribution < -0.4 is 0 Å². The van der Waals surface area contributed by atoms with Crippen molar-refractivity contribution in [2.24, 2.45) is 0 Å². The van der Waals surface area contributed by atoms with Crippen LogP contribution in [0.2, 0.25) is 0 Å². The number of carboxylic acids is 1. The SMILES string of the molecule is CN(C)Cc1cnc([C@@H]2CCN(Cc3cccc(C(=O)O)c3)C2)[nH]1. The number of rotatable bonds is 6. The molecule has 0 radical (unpaired) electrons. The van der Waals surface area contributed by atoms with E-state index < -0.39 is 5.97 Å². The molecule has 2 N–H and O–H groups in total. The van der Waals surface area contributed by atoms with Gasteiger partial charge in [0.25, 0.3) is 0 Å². The van der Waals surface area contributed by atoms with E-state index in [1.807, 2.05) is 32.4 Å². The average molecular weight is 328 g/mol. The fraction of sp³-hybridized carbons (Fsp3) is 0.444. The summed E-state index contributed by atoms with van der Waals surface area (Å²) in [6.45, 7) is 3.60. The molecule has 1 aromatic heterocycles. The van der Waals surface area contributed by atoms with E-state index in [1.54, 1.807) is 12.1 Å². The van der Waals surface area contributed by atoms with Gasteiger partial charge in [0.1, 0.15) is 5.82 Å². The first kappa shape index (κ1) is 16.7. The quantitative estimate of drug-likeness (QED) is 0.850. The van der Waals surface area contributed by atoms with Gasteiger partial charge in [-0.2, -0.15) is 0 Å². The number of hydrogen-bond donors (Lipinski definition) is 2. The Labute approximate surface area is 142 Å². The predicted molar refractivity (Wildman–Crippen MR) is 92.0 cm³/mol. The second kappa shape index (κ2) is 7.15. The maximum atomic E-state index is 11.1. The van der Waals surface area contributed by atoms with Gasteiger partial charge in [0, 0.05) is 37.4 Å². The van der Waals surface area contributed by atoms with E-state index in [1.165, 1.54) is 0 Å². The Morgan fingerprint density at radius 1 is 1.46 bits per heavy atom. The lowest BCUT2D eigenvalue weighted by molar-refractivity contribution is 0.0696. The van der Waals surface area contributed by atoms with Gasteiger partial charge in [0.2, 0.25) is 0 Å². The summed E-state index contributed by atoms with van der Waals surface area (Å²) in [4.78, 5) is 23.5. The van der Waals surface area contributed by atoms with E-state index >= 15 is 0 Å². The maximum absolute atomic E-state index is 11.1. The lowest BCUT2D eigenvalue weighted by Gasteiger charge is -2.16. The third-order valence-corrected chi connectivity index (χ3v) is 4.37. The van der Waals surface area contributed by atoms with E-state index in [0.717, 1.165) is 49.7 Å². The highest BCUT2D eigenvalue weighted by Crippen LogP contribution is 2.26. The summed E-state index contributed by atoms with van der Waals surface area (Å²) in [5.41, 5.74) is 2.54. The van der Waals surface area contributed by atoms with Crippen LogP contribution in [0.15, 0.2) is 30.5 Å². The number of hydrogen-bond acceptors (Lipinski definition) is 4. The van der Waals surface area contributed by atoms with Crippen molar-refractivity contribution in [3.05, 3.63) is 53.1 Å². The normalized spacial score (nSPS) is 18.4. The van der Waals surface area contributed by atoms with Crippen LogP contribution in [-0.4, -0.2) is 58.0 Å². The highest BCUT2D eigenvalue weighted by Gasteiger charge is 2.26. The minimum atomic E-state index is -0.875. The topological polar surface area (TPSA) is 72.5 Å². The maximum Gasteiger partial charge on any atom is 0.335 e. The van der Waals surface area contributed by atoms with Crippen molar-refractivity contribution in [2.45, 2.75) is 25.4 Å². The zero-order valence-electron chi connectivity index (χ0n) is 14.2. The molecule has 1 aliphatic rings. The molecule has 6 heteroatoms. The Balaban J connectivity index is 1.60. The molecule has 128 valence electrons. The lowest BCUT2D eigenvalue weighted by atomic mass is 10.1. The number of carboxylic acid groups (broad SMARTS) is 1. The van der Waals surface area contributed by atoms with Crippen molar-refractivity contribution in [3.63, 3.8) is 0 Å². The van der Waals surface area contributed by atoms with E-state index in [-0.39, 0.29) is 0 Å². The monoisotopic (exact) mass is 328 g/mol. The van der Waals surface area contributed by atoms with Gasteiger partial charge in [-0.15, -0.1) is 0 Å². The molecule has 6 nitrogen and oxygen atoms in total. The summed E-state index contributed by atoms with van der Waals surface area (Å²) in [5.74, 6) is 0.609. The van der Waals surface area contributed by atoms with E-state index in [0.29, 0.717) is 11.5 Å². The lowest BCUT2D eigenvalue weighted by Crippen LogP contribution is -2.20. The van der Waals surface area contributed by atoms with Gasteiger partial charge in [-0.25, -0.2) is 9.78 Å². The van der Waals surface area contributed by atoms with Crippen molar-refractivity contribution in [1.29, 1.82) is 0 Å². The van der Waals surface area contributed by atoms with Crippen molar-refractivity contribution >= 4 is 5.97 Å². The van der Waals surface area contributed by atoms with Crippen molar-refractivity contribution in [3.8, 4) is 0 Å². The number of carbonyl (C=O) groups is 1. The van der Waals surface area contributed by atoms with Gasteiger partial charge >= 0.3 is 5.97 Å². The molecule has 1 fully saturated rings. The number of nitrogens with one attached hydrogen (secondary N) is 1. The Morgan fingerprint density at radius 2 is 2.29 bits per heavy atom. The summed E-state index contributed by atoms with van der Waals surface area (Å²) < 4.78 is 0. The van der Waals surface area contributed by atoms with Crippen LogP contribution >= 0.6 is 0 Å². The van der Waals surface area contributed by atoms with E-state index in [9.17, 15) is 4.79 Å². The minimum Gasteiger partial charge on any atom is -0.478 e. The van der Waals surface area contributed by atoms with Crippen LogP contribution in [0.3, 0.4) is 0 Å². The summed E-state index contributed by atoms with van der Waals surface area (Å²) in [6.07, 6.45) is 3.00. The first-order valence-electron chi connectivity index (χ1n) is 8.24.